The van der Waals surface area contributed by atoms with Crippen LogP contribution in [0, 0.1) is 13.8 Å². The van der Waals surface area contributed by atoms with E-state index in [9.17, 15) is 9.59 Å². The van der Waals surface area contributed by atoms with Crippen LogP contribution in [0.4, 0.5) is 4.79 Å². The van der Waals surface area contributed by atoms with Crippen molar-refractivity contribution in [3.8, 4) is 0 Å². The number of fused-ring (bicyclic) bond motifs is 1. The molecule has 0 bridgehead atoms. The molecule has 1 aliphatic heterocycles. The number of hydrogen-bond donors (Lipinski definition) is 2. The number of nitrogens with one attached hydrogen (secondary N) is 2. The highest BCUT2D eigenvalue weighted by atomic mass is 32.1. The molecule has 128 valence electrons. The Bertz CT molecular complexity index is 809. The SMILES string of the molecule is CCC1c2ccsc2CCN1C(=O)NCc1c(C)cc(C)[nH]c1=O. The van der Waals surface area contributed by atoms with Gasteiger partial charge in [-0.1, -0.05) is 6.92 Å². The second kappa shape index (κ2) is 6.81. The quantitative estimate of drug-likeness (QED) is 0.897. The van der Waals surface area contributed by atoms with Crippen LogP contribution in [0.15, 0.2) is 22.3 Å². The zero-order valence-electron chi connectivity index (χ0n) is 14.3. The summed E-state index contributed by atoms with van der Waals surface area (Å²) in [5.41, 5.74) is 3.50. The van der Waals surface area contributed by atoms with E-state index in [2.05, 4.69) is 28.7 Å². The van der Waals surface area contributed by atoms with E-state index in [4.69, 9.17) is 0 Å². The van der Waals surface area contributed by atoms with Gasteiger partial charge in [-0.3, -0.25) is 4.79 Å². The first-order valence-electron chi connectivity index (χ1n) is 8.31. The van der Waals surface area contributed by atoms with Crippen LogP contribution in [0.1, 0.15) is 46.6 Å². The van der Waals surface area contributed by atoms with Gasteiger partial charge in [0.05, 0.1) is 12.6 Å². The third-order valence-electron chi connectivity index (χ3n) is 4.65. The average Bonchev–Trinajstić information content (AvgIpc) is 3.01. The number of thiophene rings is 1. The van der Waals surface area contributed by atoms with Crippen LogP contribution < -0.4 is 10.9 Å². The molecule has 1 aliphatic rings. The van der Waals surface area contributed by atoms with E-state index in [0.717, 1.165) is 30.6 Å². The lowest BCUT2D eigenvalue weighted by atomic mass is 9.98. The first-order chi connectivity index (χ1) is 11.5. The molecule has 0 saturated carbocycles. The summed E-state index contributed by atoms with van der Waals surface area (Å²) in [5.74, 6) is 0. The second-order valence-electron chi connectivity index (χ2n) is 6.27. The number of amides is 2. The molecule has 0 spiro atoms. The van der Waals surface area contributed by atoms with Gasteiger partial charge >= 0.3 is 6.03 Å². The Labute approximate surface area is 145 Å². The Kier molecular flexibility index (Phi) is 4.76. The van der Waals surface area contributed by atoms with Gasteiger partial charge in [0.15, 0.2) is 0 Å². The van der Waals surface area contributed by atoms with Crippen LogP contribution >= 0.6 is 11.3 Å². The second-order valence-corrected chi connectivity index (χ2v) is 7.27. The van der Waals surface area contributed by atoms with Crippen molar-refractivity contribution >= 4 is 17.4 Å². The van der Waals surface area contributed by atoms with Gasteiger partial charge in [-0.15, -0.1) is 11.3 Å². The highest BCUT2D eigenvalue weighted by Gasteiger charge is 2.30. The summed E-state index contributed by atoms with van der Waals surface area (Å²) in [6.07, 6.45) is 1.79. The largest absolute Gasteiger partial charge is 0.334 e. The normalized spacial score (nSPS) is 16.8. The standard InChI is InChI=1S/C18H23N3O2S/c1-4-15-13-6-8-24-16(13)5-7-21(15)18(23)19-10-14-11(2)9-12(3)20-17(14)22/h6,8-9,15H,4-5,7,10H2,1-3H3,(H,19,23)(H,20,22). The van der Waals surface area contributed by atoms with E-state index < -0.39 is 0 Å². The number of aromatic nitrogens is 1. The minimum atomic E-state index is -0.126. The minimum Gasteiger partial charge on any atom is -0.334 e. The average molecular weight is 345 g/mol. The molecule has 3 heterocycles. The summed E-state index contributed by atoms with van der Waals surface area (Å²) >= 11 is 1.77. The molecule has 2 aromatic rings. The fourth-order valence-corrected chi connectivity index (χ4v) is 4.37. The van der Waals surface area contributed by atoms with Crippen LogP contribution in [-0.4, -0.2) is 22.5 Å². The number of aryl methyl sites for hydroxylation is 2. The predicted octanol–water partition coefficient (Wildman–Crippen LogP) is 3.27. The fourth-order valence-electron chi connectivity index (χ4n) is 3.45. The summed E-state index contributed by atoms with van der Waals surface area (Å²) in [6, 6.07) is 4.08. The van der Waals surface area contributed by atoms with Crippen molar-refractivity contribution in [1.82, 2.24) is 15.2 Å². The van der Waals surface area contributed by atoms with Crippen LogP contribution in [-0.2, 0) is 13.0 Å². The number of carbonyl (C=O) groups excluding carboxylic acids is 1. The molecule has 5 nitrogen and oxygen atoms in total. The van der Waals surface area contributed by atoms with E-state index in [0.29, 0.717) is 5.56 Å². The van der Waals surface area contributed by atoms with Crippen LogP contribution in [0.2, 0.25) is 0 Å². The summed E-state index contributed by atoms with van der Waals surface area (Å²) < 4.78 is 0. The lowest BCUT2D eigenvalue weighted by molar-refractivity contribution is 0.167. The number of pyridine rings is 1. The molecule has 3 rings (SSSR count). The first-order valence-corrected chi connectivity index (χ1v) is 9.19. The smallest absolute Gasteiger partial charge is 0.318 e. The third kappa shape index (κ3) is 3.11. The van der Waals surface area contributed by atoms with E-state index in [1.54, 1.807) is 11.3 Å². The summed E-state index contributed by atoms with van der Waals surface area (Å²) in [7, 11) is 0. The maximum atomic E-state index is 12.7. The number of carbonyl (C=O) groups is 1. The van der Waals surface area contributed by atoms with Gasteiger partial charge in [0, 0.05) is 22.7 Å². The Morgan fingerprint density at radius 1 is 1.46 bits per heavy atom. The van der Waals surface area contributed by atoms with Crippen molar-refractivity contribution in [3.63, 3.8) is 0 Å². The summed E-state index contributed by atoms with van der Waals surface area (Å²) in [5, 5.41) is 5.03. The van der Waals surface area contributed by atoms with Gasteiger partial charge < -0.3 is 15.2 Å². The topological polar surface area (TPSA) is 65.2 Å². The number of aromatic amines is 1. The molecule has 2 aromatic heterocycles. The zero-order valence-corrected chi connectivity index (χ0v) is 15.1. The van der Waals surface area contributed by atoms with Crippen molar-refractivity contribution in [3.05, 3.63) is 55.1 Å². The number of rotatable bonds is 3. The molecule has 2 amide bonds. The number of hydrogen-bond acceptors (Lipinski definition) is 3. The summed E-state index contributed by atoms with van der Waals surface area (Å²) in [6.45, 7) is 6.84. The maximum Gasteiger partial charge on any atom is 0.318 e. The van der Waals surface area contributed by atoms with Gasteiger partial charge in [-0.25, -0.2) is 4.79 Å². The van der Waals surface area contributed by atoms with Crippen molar-refractivity contribution in [2.75, 3.05) is 6.54 Å². The summed E-state index contributed by atoms with van der Waals surface area (Å²) in [4.78, 5) is 30.8. The molecule has 0 aromatic carbocycles. The van der Waals surface area contributed by atoms with Crippen molar-refractivity contribution < 1.29 is 4.79 Å². The molecule has 0 aliphatic carbocycles. The molecule has 0 fully saturated rings. The molecule has 1 unspecified atom stereocenters. The van der Waals surface area contributed by atoms with E-state index in [1.807, 2.05) is 24.8 Å². The van der Waals surface area contributed by atoms with Gasteiger partial charge in [-0.2, -0.15) is 0 Å². The predicted molar refractivity (Wildman–Crippen MR) is 96.5 cm³/mol. The van der Waals surface area contributed by atoms with E-state index in [1.165, 1.54) is 10.4 Å². The Balaban J connectivity index is 1.73. The van der Waals surface area contributed by atoms with Gasteiger partial charge in [0.1, 0.15) is 0 Å². The van der Waals surface area contributed by atoms with Crippen molar-refractivity contribution in [2.45, 2.75) is 46.2 Å². The molecule has 0 radical (unpaired) electrons. The van der Waals surface area contributed by atoms with E-state index in [-0.39, 0.29) is 24.2 Å². The van der Waals surface area contributed by atoms with Crippen LogP contribution in [0.3, 0.4) is 0 Å². The Morgan fingerprint density at radius 3 is 2.96 bits per heavy atom. The van der Waals surface area contributed by atoms with Gasteiger partial charge in [-0.05, 0) is 55.3 Å². The monoisotopic (exact) mass is 345 g/mol. The molecule has 2 N–H and O–H groups in total. The molecular weight excluding hydrogens is 322 g/mol. The molecule has 6 heteroatoms. The van der Waals surface area contributed by atoms with Gasteiger partial charge in [0.2, 0.25) is 0 Å². The number of urea groups is 1. The van der Waals surface area contributed by atoms with Crippen molar-refractivity contribution in [2.24, 2.45) is 0 Å². The maximum absolute atomic E-state index is 12.7. The zero-order chi connectivity index (χ0) is 17.3. The van der Waals surface area contributed by atoms with Crippen LogP contribution in [0.5, 0.6) is 0 Å². The molecule has 1 atom stereocenters. The fraction of sp³-hybridized carbons (Fsp3) is 0.444. The molecular formula is C18H23N3O2S. The van der Waals surface area contributed by atoms with Crippen molar-refractivity contribution in [1.29, 1.82) is 0 Å². The third-order valence-corrected chi connectivity index (χ3v) is 5.65. The molecule has 0 saturated heterocycles. The lowest BCUT2D eigenvalue weighted by Gasteiger charge is -2.35. The van der Waals surface area contributed by atoms with Gasteiger partial charge in [0.25, 0.3) is 5.56 Å². The minimum absolute atomic E-state index is 0.0990. The number of nitrogens with zero attached hydrogens (tertiary/aromatic N) is 1. The lowest BCUT2D eigenvalue weighted by Crippen LogP contribution is -2.45. The highest BCUT2D eigenvalue weighted by Crippen LogP contribution is 2.35. The Morgan fingerprint density at radius 2 is 2.25 bits per heavy atom. The number of H-pyrrole nitrogens is 1. The Hall–Kier alpha value is -2.08. The van der Waals surface area contributed by atoms with E-state index >= 15 is 0 Å². The van der Waals surface area contributed by atoms with Crippen LogP contribution in [0.25, 0.3) is 0 Å². The molecule has 24 heavy (non-hydrogen) atoms. The highest BCUT2D eigenvalue weighted by molar-refractivity contribution is 7.10. The first kappa shape index (κ1) is 16.8.